The van der Waals surface area contributed by atoms with Gasteiger partial charge in [-0.1, -0.05) is 42.5 Å². The second-order valence-corrected chi connectivity index (χ2v) is 7.76. The van der Waals surface area contributed by atoms with Gasteiger partial charge in [-0.3, -0.25) is 0 Å². The predicted molar refractivity (Wildman–Crippen MR) is 109 cm³/mol. The van der Waals surface area contributed by atoms with Gasteiger partial charge in [0, 0.05) is 11.3 Å². The van der Waals surface area contributed by atoms with Gasteiger partial charge in [0.15, 0.2) is 0 Å². The van der Waals surface area contributed by atoms with Crippen LogP contribution in [0.5, 0.6) is 0 Å². The van der Waals surface area contributed by atoms with Crippen molar-refractivity contribution < 1.29 is 14.6 Å². The minimum atomic E-state index is -0.145. The fourth-order valence-electron chi connectivity index (χ4n) is 4.03. The number of hydrogen-bond donors (Lipinski definition) is 4. The summed E-state index contributed by atoms with van der Waals surface area (Å²) in [4.78, 5) is 15.7. The number of likely N-dealkylation sites (N-methyl/N-ethyl adjacent to an activating group) is 1. The van der Waals surface area contributed by atoms with Crippen molar-refractivity contribution in [2.45, 2.75) is 25.9 Å². The summed E-state index contributed by atoms with van der Waals surface area (Å²) >= 11 is 0. The average molecular weight is 369 g/mol. The molecule has 0 bridgehead atoms. The minimum absolute atomic E-state index is 0.0330. The number of carbonyl (C=O) groups is 1. The SMILES string of the molecule is Cc1cccc(NC(=O)N[C@H](C)[C@H](c2ccccc2)[NH+]2CC[NH+](C)CC2)c1. The van der Waals surface area contributed by atoms with Gasteiger partial charge in [0.25, 0.3) is 0 Å². The molecule has 3 rings (SSSR count). The van der Waals surface area contributed by atoms with E-state index < -0.39 is 0 Å². The van der Waals surface area contributed by atoms with Crippen LogP contribution in [-0.2, 0) is 0 Å². The Hall–Kier alpha value is -2.37. The van der Waals surface area contributed by atoms with Gasteiger partial charge in [0.2, 0.25) is 0 Å². The molecule has 2 aromatic carbocycles. The number of hydrogen-bond acceptors (Lipinski definition) is 1. The Labute approximate surface area is 162 Å². The first-order valence-corrected chi connectivity index (χ1v) is 9.88. The maximum atomic E-state index is 12.6. The second kappa shape index (κ2) is 9.02. The van der Waals surface area contributed by atoms with Crippen molar-refractivity contribution in [3.63, 3.8) is 0 Å². The highest BCUT2D eigenvalue weighted by Crippen LogP contribution is 2.15. The molecule has 5 nitrogen and oxygen atoms in total. The molecule has 0 saturated carbocycles. The van der Waals surface area contributed by atoms with Crippen LogP contribution in [0.1, 0.15) is 24.1 Å². The maximum absolute atomic E-state index is 12.6. The third-order valence-electron chi connectivity index (χ3n) is 5.48. The number of quaternary nitrogens is 2. The quantitative estimate of drug-likeness (QED) is 0.616. The summed E-state index contributed by atoms with van der Waals surface area (Å²) in [5.74, 6) is 0. The van der Waals surface area contributed by atoms with Gasteiger partial charge in [-0.15, -0.1) is 0 Å². The lowest BCUT2D eigenvalue weighted by Crippen LogP contribution is -3.27. The van der Waals surface area contributed by atoms with Crippen molar-refractivity contribution in [1.29, 1.82) is 0 Å². The molecule has 0 unspecified atom stereocenters. The van der Waals surface area contributed by atoms with E-state index in [0.717, 1.165) is 24.3 Å². The third kappa shape index (κ3) is 5.31. The standard InChI is InChI=1S/C22H30N4O/c1-17-8-7-11-20(16-17)24-22(27)23-18(2)21(19-9-5-4-6-10-19)26-14-12-25(3)13-15-26/h4-11,16,18,21H,12-15H2,1-3H3,(H2,23,24,27)/p+2/t18-,21-/m1/s1. The van der Waals surface area contributed by atoms with E-state index in [4.69, 9.17) is 0 Å². The van der Waals surface area contributed by atoms with Crippen LogP contribution in [0.3, 0.4) is 0 Å². The number of piperazine rings is 1. The zero-order chi connectivity index (χ0) is 19.2. The number of rotatable bonds is 5. The van der Waals surface area contributed by atoms with E-state index in [1.807, 2.05) is 37.3 Å². The normalized spacial score (nSPS) is 21.9. The summed E-state index contributed by atoms with van der Waals surface area (Å²) in [6.45, 7) is 8.72. The molecule has 144 valence electrons. The van der Waals surface area contributed by atoms with E-state index in [1.165, 1.54) is 18.7 Å². The molecule has 1 saturated heterocycles. The van der Waals surface area contributed by atoms with Crippen molar-refractivity contribution in [1.82, 2.24) is 5.32 Å². The predicted octanol–water partition coefficient (Wildman–Crippen LogP) is 0.660. The highest BCUT2D eigenvalue weighted by Gasteiger charge is 2.34. The third-order valence-corrected chi connectivity index (χ3v) is 5.48. The summed E-state index contributed by atoms with van der Waals surface area (Å²) in [5, 5.41) is 6.14. The molecule has 0 radical (unpaired) electrons. The van der Waals surface area contributed by atoms with E-state index >= 15 is 0 Å². The van der Waals surface area contributed by atoms with Crippen molar-refractivity contribution in [3.8, 4) is 0 Å². The van der Waals surface area contributed by atoms with Gasteiger partial charge in [-0.05, 0) is 31.5 Å². The zero-order valence-electron chi connectivity index (χ0n) is 16.6. The fraction of sp³-hybridized carbons (Fsp3) is 0.409. The van der Waals surface area contributed by atoms with Gasteiger partial charge in [0.1, 0.15) is 32.2 Å². The van der Waals surface area contributed by atoms with Crippen LogP contribution in [-0.4, -0.2) is 45.3 Å². The molecule has 2 atom stereocenters. The molecular weight excluding hydrogens is 336 g/mol. The average Bonchev–Trinajstić information content (AvgIpc) is 2.64. The summed E-state index contributed by atoms with van der Waals surface area (Å²) in [5.41, 5.74) is 3.24. The molecule has 0 aliphatic carbocycles. The van der Waals surface area contributed by atoms with Crippen molar-refractivity contribution >= 4 is 11.7 Å². The Morgan fingerprint density at radius 3 is 2.37 bits per heavy atom. The van der Waals surface area contributed by atoms with Crippen molar-refractivity contribution in [3.05, 3.63) is 65.7 Å². The number of amides is 2. The molecule has 27 heavy (non-hydrogen) atoms. The molecule has 1 fully saturated rings. The van der Waals surface area contributed by atoms with Gasteiger partial charge < -0.3 is 20.4 Å². The second-order valence-electron chi connectivity index (χ2n) is 7.76. The van der Waals surface area contributed by atoms with Crippen LogP contribution in [0.25, 0.3) is 0 Å². The summed E-state index contributed by atoms with van der Waals surface area (Å²) in [6.07, 6.45) is 0. The Bertz CT molecular complexity index is 741. The van der Waals surface area contributed by atoms with E-state index in [9.17, 15) is 4.79 Å². The number of urea groups is 1. The minimum Gasteiger partial charge on any atom is -0.329 e. The number of benzene rings is 2. The summed E-state index contributed by atoms with van der Waals surface area (Å²) in [7, 11) is 2.26. The maximum Gasteiger partial charge on any atom is 0.319 e. The highest BCUT2D eigenvalue weighted by atomic mass is 16.2. The monoisotopic (exact) mass is 368 g/mol. The zero-order valence-corrected chi connectivity index (χ0v) is 16.6. The molecular formula is C22H32N4O+2. The molecule has 1 heterocycles. The Morgan fingerprint density at radius 1 is 1.00 bits per heavy atom. The van der Waals surface area contributed by atoms with E-state index in [0.29, 0.717) is 0 Å². The lowest BCUT2D eigenvalue weighted by molar-refractivity contribution is -1.02. The summed E-state index contributed by atoms with van der Waals surface area (Å²) in [6, 6.07) is 18.6. The highest BCUT2D eigenvalue weighted by molar-refractivity contribution is 5.89. The van der Waals surface area contributed by atoms with Gasteiger partial charge >= 0.3 is 6.03 Å². The molecule has 0 spiro atoms. The molecule has 2 amide bonds. The van der Waals surface area contributed by atoms with Crippen LogP contribution in [0.2, 0.25) is 0 Å². The molecule has 5 heteroatoms. The molecule has 1 aliphatic heterocycles. The van der Waals surface area contributed by atoms with Gasteiger partial charge in [-0.2, -0.15) is 0 Å². The van der Waals surface area contributed by atoms with E-state index in [2.05, 4.69) is 48.9 Å². The van der Waals surface area contributed by atoms with Crippen molar-refractivity contribution in [2.24, 2.45) is 0 Å². The Balaban J connectivity index is 1.70. The first-order chi connectivity index (χ1) is 13.0. The molecule has 1 aliphatic rings. The Kier molecular flexibility index (Phi) is 6.48. The van der Waals surface area contributed by atoms with Crippen molar-refractivity contribution in [2.75, 3.05) is 38.5 Å². The Morgan fingerprint density at radius 2 is 1.70 bits per heavy atom. The van der Waals surface area contributed by atoms with Gasteiger partial charge in [-0.25, -0.2) is 4.79 Å². The van der Waals surface area contributed by atoms with E-state index in [1.54, 1.807) is 9.80 Å². The number of anilines is 1. The topological polar surface area (TPSA) is 50.0 Å². The van der Waals surface area contributed by atoms with Gasteiger partial charge in [0.05, 0.1) is 13.1 Å². The first-order valence-electron chi connectivity index (χ1n) is 9.88. The first kappa shape index (κ1) is 19.4. The van der Waals surface area contributed by atoms with E-state index in [-0.39, 0.29) is 18.1 Å². The van der Waals surface area contributed by atoms with Crippen LogP contribution in [0.15, 0.2) is 54.6 Å². The number of nitrogens with one attached hydrogen (secondary N) is 4. The van der Waals surface area contributed by atoms with Crippen LogP contribution >= 0.6 is 0 Å². The van der Waals surface area contributed by atoms with Crippen LogP contribution in [0.4, 0.5) is 10.5 Å². The number of carbonyl (C=O) groups excluding carboxylic acids is 1. The molecule has 4 N–H and O–H groups in total. The largest absolute Gasteiger partial charge is 0.329 e. The molecule has 0 aromatic heterocycles. The fourth-order valence-corrected chi connectivity index (χ4v) is 4.03. The number of aryl methyl sites for hydroxylation is 1. The lowest BCUT2D eigenvalue weighted by Gasteiger charge is -2.36. The lowest BCUT2D eigenvalue weighted by atomic mass is 9.98. The summed E-state index contributed by atoms with van der Waals surface area (Å²) < 4.78 is 0. The van der Waals surface area contributed by atoms with Crippen LogP contribution < -0.4 is 20.4 Å². The smallest absolute Gasteiger partial charge is 0.319 e. The van der Waals surface area contributed by atoms with Crippen LogP contribution in [0, 0.1) is 6.92 Å². The molecule has 2 aromatic rings.